The highest BCUT2D eigenvalue weighted by atomic mass is 16.5. The lowest BCUT2D eigenvalue weighted by atomic mass is 9.90. The van der Waals surface area contributed by atoms with E-state index in [1.807, 2.05) is 11.1 Å². The number of likely N-dealkylation sites (tertiary alicyclic amines) is 2. The SMILES string of the molecule is COC(=O)NCC(=O)N1CCC[C@H]1c1ncc(-c2ccc3c4c(ccc3c2)-c2ccc(-c3cnc([C@@H]5CCCN5C(=O)[C@@H](NC(=O)OC)C5CCOCC5)[nH]3)cc2CO4)[nH]1. The van der Waals surface area contributed by atoms with Crippen LogP contribution in [0.4, 0.5) is 9.59 Å². The Morgan fingerprint density at radius 1 is 0.800 bits per heavy atom. The zero-order valence-corrected chi connectivity index (χ0v) is 33.6. The number of benzene rings is 3. The summed E-state index contributed by atoms with van der Waals surface area (Å²) in [6.45, 7) is 2.56. The maximum Gasteiger partial charge on any atom is 0.407 e. The topological polar surface area (TPSA) is 193 Å². The van der Waals surface area contributed by atoms with Crippen molar-refractivity contribution in [3.63, 3.8) is 0 Å². The van der Waals surface area contributed by atoms with Crippen LogP contribution in [-0.4, -0.2) is 107 Å². The van der Waals surface area contributed by atoms with Crippen LogP contribution in [-0.2, 0) is 30.4 Å². The van der Waals surface area contributed by atoms with Gasteiger partial charge in [0, 0.05) is 42.8 Å². The van der Waals surface area contributed by atoms with Gasteiger partial charge in [0.2, 0.25) is 11.8 Å². The summed E-state index contributed by atoms with van der Waals surface area (Å²) >= 11 is 0. The second-order valence-corrected chi connectivity index (χ2v) is 15.7. The number of amides is 4. The van der Waals surface area contributed by atoms with Gasteiger partial charge in [-0.25, -0.2) is 19.6 Å². The molecule has 4 amide bonds. The molecule has 4 aliphatic rings. The number of ether oxygens (including phenoxy) is 4. The van der Waals surface area contributed by atoms with E-state index < -0.39 is 18.2 Å². The first-order valence-corrected chi connectivity index (χ1v) is 20.6. The Morgan fingerprint density at radius 2 is 1.45 bits per heavy atom. The molecular formula is C44H48N8O8. The number of nitrogens with one attached hydrogen (secondary N) is 4. The van der Waals surface area contributed by atoms with E-state index in [2.05, 4.69) is 78.9 Å². The molecule has 0 radical (unpaired) electrons. The Morgan fingerprint density at radius 3 is 2.17 bits per heavy atom. The van der Waals surface area contributed by atoms with E-state index in [4.69, 9.17) is 19.2 Å². The predicted molar refractivity (Wildman–Crippen MR) is 220 cm³/mol. The third kappa shape index (κ3) is 7.51. The smallest absolute Gasteiger partial charge is 0.407 e. The van der Waals surface area contributed by atoms with Crippen LogP contribution in [0.25, 0.3) is 44.4 Å². The molecule has 0 aliphatic carbocycles. The monoisotopic (exact) mass is 816 g/mol. The molecule has 16 heteroatoms. The number of fused-ring (bicyclic) bond motifs is 5. The van der Waals surface area contributed by atoms with E-state index in [9.17, 15) is 19.2 Å². The third-order valence-electron chi connectivity index (χ3n) is 12.3. The molecule has 5 aromatic rings. The highest BCUT2D eigenvalue weighted by Gasteiger charge is 2.40. The molecule has 16 nitrogen and oxygen atoms in total. The number of carbonyl (C=O) groups excluding carboxylic acids is 4. The molecule has 3 atom stereocenters. The van der Waals surface area contributed by atoms with Crippen molar-refractivity contribution in [1.29, 1.82) is 0 Å². The number of alkyl carbamates (subject to hydrolysis) is 2. The van der Waals surface area contributed by atoms with Crippen molar-refractivity contribution in [2.75, 3.05) is 47.1 Å². The van der Waals surface area contributed by atoms with Crippen LogP contribution in [0.5, 0.6) is 5.75 Å². The summed E-state index contributed by atoms with van der Waals surface area (Å²) < 4.78 is 21.5. The summed E-state index contributed by atoms with van der Waals surface area (Å²) in [5, 5.41) is 7.32. The molecule has 9 rings (SSSR count). The molecule has 312 valence electrons. The van der Waals surface area contributed by atoms with Crippen LogP contribution in [0.15, 0.2) is 60.9 Å². The van der Waals surface area contributed by atoms with Gasteiger partial charge in [0.25, 0.3) is 0 Å². The summed E-state index contributed by atoms with van der Waals surface area (Å²) in [6, 6.07) is 15.7. The second kappa shape index (κ2) is 16.7. The fourth-order valence-corrected chi connectivity index (χ4v) is 9.22. The predicted octanol–water partition coefficient (Wildman–Crippen LogP) is 6.01. The van der Waals surface area contributed by atoms with Crippen LogP contribution in [0.3, 0.4) is 0 Å². The molecule has 0 spiro atoms. The van der Waals surface area contributed by atoms with Gasteiger partial charge in [0.1, 0.15) is 36.6 Å². The number of imidazole rings is 2. The van der Waals surface area contributed by atoms with Crippen LogP contribution < -0.4 is 15.4 Å². The Balaban J connectivity index is 0.904. The molecule has 4 N–H and O–H groups in total. The Bertz CT molecular complexity index is 2440. The first kappa shape index (κ1) is 39.1. The number of methoxy groups -OCH3 is 2. The van der Waals surface area contributed by atoms with E-state index in [1.54, 1.807) is 11.1 Å². The van der Waals surface area contributed by atoms with E-state index in [1.165, 1.54) is 14.2 Å². The lowest BCUT2D eigenvalue weighted by Gasteiger charge is -2.34. The van der Waals surface area contributed by atoms with Gasteiger partial charge in [-0.2, -0.15) is 0 Å². The van der Waals surface area contributed by atoms with Crippen LogP contribution >= 0.6 is 0 Å². The zero-order valence-electron chi connectivity index (χ0n) is 33.6. The quantitative estimate of drug-likeness (QED) is 0.137. The average Bonchev–Trinajstić information content (AvgIpc) is 4.14. The summed E-state index contributed by atoms with van der Waals surface area (Å²) in [6.07, 6.45) is 6.97. The zero-order chi connectivity index (χ0) is 41.3. The molecule has 6 heterocycles. The molecule has 60 heavy (non-hydrogen) atoms. The summed E-state index contributed by atoms with van der Waals surface area (Å²) in [5.41, 5.74) is 6.81. The largest absolute Gasteiger partial charge is 0.488 e. The maximum atomic E-state index is 14.0. The molecule has 0 saturated carbocycles. The molecular weight excluding hydrogens is 769 g/mol. The number of aromatic nitrogens is 4. The minimum atomic E-state index is -0.693. The summed E-state index contributed by atoms with van der Waals surface area (Å²) in [4.78, 5) is 70.7. The van der Waals surface area contributed by atoms with Crippen LogP contribution in [0.1, 0.15) is 67.8 Å². The number of rotatable bonds is 9. The van der Waals surface area contributed by atoms with Crippen LogP contribution in [0, 0.1) is 5.92 Å². The highest BCUT2D eigenvalue weighted by Crippen LogP contribution is 2.44. The Hall–Kier alpha value is -6.42. The van der Waals surface area contributed by atoms with Crippen molar-refractivity contribution >= 4 is 34.8 Å². The minimum Gasteiger partial charge on any atom is -0.488 e. The van der Waals surface area contributed by atoms with E-state index in [0.29, 0.717) is 51.6 Å². The fraction of sp³-hybridized carbons (Fsp3) is 0.409. The molecule has 3 fully saturated rings. The van der Waals surface area contributed by atoms with Gasteiger partial charge >= 0.3 is 12.2 Å². The number of aromatic amines is 2. The Kier molecular flexibility index (Phi) is 10.9. The number of H-pyrrole nitrogens is 2. The van der Waals surface area contributed by atoms with Crippen molar-refractivity contribution in [2.24, 2.45) is 5.92 Å². The molecule has 3 saturated heterocycles. The molecule has 3 aromatic carbocycles. The Labute approximate surface area is 346 Å². The van der Waals surface area contributed by atoms with Gasteiger partial charge < -0.3 is 49.3 Å². The van der Waals surface area contributed by atoms with Gasteiger partial charge in [-0.05, 0) is 84.7 Å². The molecule has 2 aromatic heterocycles. The first-order chi connectivity index (χ1) is 29.3. The molecule has 0 bridgehead atoms. The number of nitrogens with zero attached hydrogens (tertiary/aromatic N) is 4. The fourth-order valence-electron chi connectivity index (χ4n) is 9.22. The van der Waals surface area contributed by atoms with Crippen molar-refractivity contribution in [2.45, 2.75) is 63.3 Å². The van der Waals surface area contributed by atoms with Gasteiger partial charge in [-0.15, -0.1) is 0 Å². The lowest BCUT2D eigenvalue weighted by Crippen LogP contribution is -2.53. The average molecular weight is 817 g/mol. The van der Waals surface area contributed by atoms with Crippen molar-refractivity contribution in [1.82, 2.24) is 40.4 Å². The van der Waals surface area contributed by atoms with Crippen molar-refractivity contribution < 1.29 is 38.1 Å². The maximum absolute atomic E-state index is 14.0. The molecule has 4 aliphatic heterocycles. The van der Waals surface area contributed by atoms with E-state index in [0.717, 1.165) is 87.2 Å². The standard InChI is InChI=1S/C44H48N8O8/c1-57-43(55)47-23-37(53)51-15-3-5-35(51)40-45-21-33(48-40)27-9-11-31-26(19-27)7-12-32-30-10-8-28(20-29(30)24-60-39(31)32)34-22-46-41(49-34)36-6-4-16-52(36)42(54)38(50-44(56)58-2)25-13-17-59-18-14-25/h7-12,19-22,25,35-36,38H,3-6,13-18,23-24H2,1-2H3,(H,45,48)(H,46,49)(H,47,55)(H,50,56)/t35-,36-,38-/m0/s1. The summed E-state index contributed by atoms with van der Waals surface area (Å²) in [7, 11) is 2.57. The number of carbonyl (C=O) groups is 4. The highest BCUT2D eigenvalue weighted by molar-refractivity contribution is 5.98. The van der Waals surface area contributed by atoms with Crippen molar-refractivity contribution in [3.05, 3.63) is 78.1 Å². The summed E-state index contributed by atoms with van der Waals surface area (Å²) in [5.74, 6) is 1.93. The second-order valence-electron chi connectivity index (χ2n) is 15.7. The number of hydrogen-bond acceptors (Lipinski definition) is 10. The minimum absolute atomic E-state index is 0.0344. The number of hydrogen-bond donors (Lipinski definition) is 4. The normalized spacial score (nSPS) is 19.3. The third-order valence-corrected chi connectivity index (χ3v) is 12.3. The van der Waals surface area contributed by atoms with Crippen molar-refractivity contribution in [3.8, 4) is 39.4 Å². The van der Waals surface area contributed by atoms with Crippen LogP contribution in [0.2, 0.25) is 0 Å². The lowest BCUT2D eigenvalue weighted by molar-refractivity contribution is -0.136. The van der Waals surface area contributed by atoms with Gasteiger partial charge in [-0.3, -0.25) is 9.59 Å². The van der Waals surface area contributed by atoms with E-state index in [-0.39, 0.29) is 36.4 Å². The van der Waals surface area contributed by atoms with E-state index >= 15 is 0 Å². The van der Waals surface area contributed by atoms with Gasteiger partial charge in [0.15, 0.2) is 0 Å². The molecule has 0 unspecified atom stereocenters. The van der Waals surface area contributed by atoms with Gasteiger partial charge in [0.05, 0.1) is 50.1 Å². The van der Waals surface area contributed by atoms with Gasteiger partial charge in [-0.1, -0.05) is 30.3 Å². The first-order valence-electron chi connectivity index (χ1n) is 20.6.